The minimum Gasteiger partial charge on any atom is -0.504 e. The van der Waals surface area contributed by atoms with Gasteiger partial charge in [-0.25, -0.2) is 0 Å². The monoisotopic (exact) mass is 465 g/mol. The molecule has 34 heavy (non-hydrogen) atoms. The van der Waals surface area contributed by atoms with Crippen LogP contribution >= 0.6 is 0 Å². The molecule has 2 amide bonds. The number of hydrogen-bond donors (Lipinski definition) is 3. The van der Waals surface area contributed by atoms with E-state index >= 15 is 0 Å². The van der Waals surface area contributed by atoms with Gasteiger partial charge >= 0.3 is 0 Å². The average Bonchev–Trinajstić information content (AvgIpc) is 3.16. The van der Waals surface area contributed by atoms with E-state index in [4.69, 9.17) is 4.74 Å². The smallest absolute Gasteiger partial charge is 0.241 e. The summed E-state index contributed by atoms with van der Waals surface area (Å²) in [6.45, 7) is 10.5. The van der Waals surface area contributed by atoms with Crippen molar-refractivity contribution < 1.29 is 19.4 Å². The van der Waals surface area contributed by atoms with Crippen LogP contribution in [0, 0.1) is 11.3 Å². The number of nitrogens with one attached hydrogen (secondary N) is 2. The molecule has 5 aliphatic heterocycles. The number of hydrogen-bond acceptors (Lipinski definition) is 5. The molecule has 7 rings (SSSR count). The van der Waals surface area contributed by atoms with Crippen molar-refractivity contribution in [3.05, 3.63) is 29.3 Å². The number of anilines is 1. The number of amides is 2. The minimum absolute atomic E-state index is 0.0230. The number of fused-ring (bicyclic) bond motifs is 3. The number of benzene rings is 1. The van der Waals surface area contributed by atoms with Crippen LogP contribution in [0.1, 0.15) is 65.4 Å². The molecule has 5 fully saturated rings. The average molecular weight is 466 g/mol. The maximum absolute atomic E-state index is 13.9. The van der Waals surface area contributed by atoms with E-state index in [1.807, 2.05) is 26.0 Å². The molecule has 2 bridgehead atoms. The van der Waals surface area contributed by atoms with Gasteiger partial charge in [-0.15, -0.1) is 0 Å². The maximum atomic E-state index is 13.9. The van der Waals surface area contributed by atoms with Crippen molar-refractivity contribution in [1.29, 1.82) is 0 Å². The third-order valence-electron chi connectivity index (χ3n) is 9.83. The molecular weight excluding hydrogens is 430 g/mol. The lowest BCUT2D eigenvalue weighted by atomic mass is 9.56. The van der Waals surface area contributed by atoms with Gasteiger partial charge in [-0.3, -0.25) is 14.5 Å². The van der Waals surface area contributed by atoms with Gasteiger partial charge in [0.2, 0.25) is 11.8 Å². The summed E-state index contributed by atoms with van der Waals surface area (Å²) in [7, 11) is 0. The summed E-state index contributed by atoms with van der Waals surface area (Å²) in [6, 6.07) is 3.53. The minimum atomic E-state index is -0.803. The maximum Gasteiger partial charge on any atom is 0.241 e. The Morgan fingerprint density at radius 1 is 1.24 bits per heavy atom. The van der Waals surface area contributed by atoms with Crippen LogP contribution in [-0.2, 0) is 15.0 Å². The topological polar surface area (TPSA) is 90.9 Å². The molecule has 3 N–H and O–H groups in total. The van der Waals surface area contributed by atoms with Crippen LogP contribution in [0.25, 0.3) is 0 Å². The number of ether oxygens (including phenoxy) is 1. The van der Waals surface area contributed by atoms with Crippen molar-refractivity contribution in [3.63, 3.8) is 0 Å². The summed E-state index contributed by atoms with van der Waals surface area (Å²) in [5.41, 5.74) is 0.522. The van der Waals surface area contributed by atoms with E-state index < -0.39 is 16.5 Å². The van der Waals surface area contributed by atoms with Gasteiger partial charge in [0.15, 0.2) is 11.5 Å². The Morgan fingerprint density at radius 2 is 2.03 bits per heavy atom. The molecule has 0 aromatic heterocycles. The fraction of sp³-hybridized carbons (Fsp3) is 0.630. The first-order valence-corrected chi connectivity index (χ1v) is 12.6. The summed E-state index contributed by atoms with van der Waals surface area (Å²) < 4.78 is 5.96. The lowest BCUT2D eigenvalue weighted by Crippen LogP contribution is -2.80. The van der Waals surface area contributed by atoms with Crippen LogP contribution in [0.3, 0.4) is 0 Å². The number of piperazine rings is 1. The zero-order valence-electron chi connectivity index (χ0n) is 20.6. The van der Waals surface area contributed by atoms with Crippen LogP contribution in [0.2, 0.25) is 0 Å². The largest absolute Gasteiger partial charge is 0.504 e. The molecule has 7 nitrogen and oxygen atoms in total. The number of allylic oxidation sites excluding steroid dienone is 1. The highest BCUT2D eigenvalue weighted by Crippen LogP contribution is 2.70. The number of piperidine rings is 3. The van der Waals surface area contributed by atoms with Crippen molar-refractivity contribution in [2.45, 2.75) is 76.3 Å². The first-order valence-electron chi connectivity index (χ1n) is 12.6. The molecule has 182 valence electrons. The quantitative estimate of drug-likeness (QED) is 0.595. The number of phenols is 1. The van der Waals surface area contributed by atoms with Gasteiger partial charge in [0.1, 0.15) is 12.1 Å². The van der Waals surface area contributed by atoms with E-state index in [1.165, 1.54) is 0 Å². The molecular formula is C27H35N3O4. The van der Waals surface area contributed by atoms with Crippen LogP contribution < -0.4 is 15.4 Å². The van der Waals surface area contributed by atoms with Crippen LogP contribution in [-0.4, -0.2) is 52.6 Å². The Bertz CT molecular complexity index is 1140. The van der Waals surface area contributed by atoms with Crippen LogP contribution in [0.5, 0.6) is 11.5 Å². The standard InChI is InChI=1S/C27H35N3O4/c1-16(2)9-12-34-21-18(31)8-7-17-20(21)28-23(33)27(17)14-25-15-30-11-6-5-10-26(30,22(32)29-25)13-19(25)24(27,3)4/h7-9,19,31H,5-6,10-15H2,1-4H3,(H,28,33)(H,29,32)/t19-,25+,26-,27-/m0/s1. The van der Waals surface area contributed by atoms with Crippen molar-refractivity contribution in [2.24, 2.45) is 11.3 Å². The molecule has 0 unspecified atom stereocenters. The van der Waals surface area contributed by atoms with Crippen LogP contribution in [0.4, 0.5) is 5.69 Å². The molecule has 1 aliphatic carbocycles. The van der Waals surface area contributed by atoms with E-state index in [9.17, 15) is 14.7 Å². The zero-order chi connectivity index (χ0) is 24.1. The van der Waals surface area contributed by atoms with E-state index in [1.54, 1.807) is 6.07 Å². The molecule has 0 radical (unpaired) electrons. The molecule has 1 saturated carbocycles. The molecule has 4 saturated heterocycles. The van der Waals surface area contributed by atoms with Crippen molar-refractivity contribution in [3.8, 4) is 11.5 Å². The van der Waals surface area contributed by atoms with Gasteiger partial charge in [-0.2, -0.15) is 0 Å². The van der Waals surface area contributed by atoms with Crippen molar-refractivity contribution >= 4 is 17.5 Å². The molecule has 1 aromatic carbocycles. The second kappa shape index (κ2) is 6.78. The van der Waals surface area contributed by atoms with Gasteiger partial charge in [0.05, 0.1) is 16.6 Å². The van der Waals surface area contributed by atoms with E-state index in [-0.39, 0.29) is 28.9 Å². The van der Waals surface area contributed by atoms with Crippen LogP contribution in [0.15, 0.2) is 23.8 Å². The highest BCUT2D eigenvalue weighted by atomic mass is 16.5. The number of carbonyl (C=O) groups excluding carboxylic acids is 2. The Hall–Kier alpha value is -2.54. The van der Waals surface area contributed by atoms with Gasteiger partial charge in [0.25, 0.3) is 0 Å². The van der Waals surface area contributed by atoms with Gasteiger partial charge < -0.3 is 20.5 Å². The lowest BCUT2D eigenvalue weighted by Gasteiger charge is -2.63. The molecule has 4 atom stereocenters. The number of aromatic hydroxyl groups is 1. The van der Waals surface area contributed by atoms with Gasteiger partial charge in [-0.05, 0) is 81.5 Å². The Balaban J connectivity index is 1.47. The number of phenolic OH excluding ortho intramolecular Hbond substituents is 1. The number of carbonyl (C=O) groups is 2. The number of rotatable bonds is 3. The first-order chi connectivity index (χ1) is 16.1. The normalized spacial score (nSPS) is 37.0. The predicted octanol–water partition coefficient (Wildman–Crippen LogP) is 3.47. The number of nitrogens with zero attached hydrogens (tertiary/aromatic N) is 1. The Morgan fingerprint density at radius 3 is 2.79 bits per heavy atom. The fourth-order valence-electron chi connectivity index (χ4n) is 8.17. The van der Waals surface area contributed by atoms with Crippen molar-refractivity contribution in [1.82, 2.24) is 10.2 Å². The zero-order valence-corrected chi connectivity index (χ0v) is 20.6. The fourth-order valence-corrected chi connectivity index (χ4v) is 8.17. The predicted molar refractivity (Wildman–Crippen MR) is 129 cm³/mol. The summed E-state index contributed by atoms with van der Waals surface area (Å²) >= 11 is 0. The summed E-state index contributed by atoms with van der Waals surface area (Å²) in [5, 5.41) is 17.2. The molecule has 1 aromatic rings. The van der Waals surface area contributed by atoms with E-state index in [0.717, 1.165) is 49.9 Å². The second-order valence-electron chi connectivity index (χ2n) is 12.0. The van der Waals surface area contributed by atoms with E-state index in [2.05, 4.69) is 29.4 Å². The summed E-state index contributed by atoms with van der Waals surface area (Å²) in [5.74, 6) is 0.634. The molecule has 3 spiro atoms. The highest BCUT2D eigenvalue weighted by molar-refractivity contribution is 6.09. The molecule has 5 heterocycles. The Kier molecular flexibility index (Phi) is 4.38. The van der Waals surface area contributed by atoms with Crippen molar-refractivity contribution in [2.75, 3.05) is 25.0 Å². The SMILES string of the molecule is CC(C)=CCOc1c(O)ccc2c1NC(=O)[C@]21C[C@@]23CN4CCCC[C@]4(C[C@H]2C1(C)C)C(=O)N3. The van der Waals surface area contributed by atoms with Gasteiger partial charge in [0, 0.05) is 6.54 Å². The van der Waals surface area contributed by atoms with Gasteiger partial charge in [-0.1, -0.05) is 25.5 Å². The molecule has 6 aliphatic rings. The Labute approximate surface area is 200 Å². The third-order valence-corrected chi connectivity index (χ3v) is 9.83. The highest BCUT2D eigenvalue weighted by Gasteiger charge is 2.77. The lowest BCUT2D eigenvalue weighted by molar-refractivity contribution is -0.167. The summed E-state index contributed by atoms with van der Waals surface area (Å²) in [6.07, 6.45) is 6.41. The van der Waals surface area contributed by atoms with E-state index in [0.29, 0.717) is 24.5 Å². The first kappa shape index (κ1) is 22.0. The third kappa shape index (κ3) is 2.46. The second-order valence-corrected chi connectivity index (χ2v) is 12.0. The molecule has 7 heteroatoms. The summed E-state index contributed by atoms with van der Waals surface area (Å²) in [4.78, 5) is 29.8.